The number of thiazole rings is 1. The topological polar surface area (TPSA) is 48.1 Å². The average molecular weight is 306 g/mol. The van der Waals surface area contributed by atoms with Gasteiger partial charge in [0.2, 0.25) is 0 Å². The number of thiocarbonyl (C=S) groups is 1. The van der Waals surface area contributed by atoms with Crippen molar-refractivity contribution in [2.45, 2.75) is 33.3 Å². The smallest absolute Gasteiger partial charge is 0.140 e. The zero-order valence-corrected chi connectivity index (χ0v) is 13.5. The molecule has 0 unspecified atom stereocenters. The quantitative estimate of drug-likeness (QED) is 0.854. The van der Waals surface area contributed by atoms with Crippen LogP contribution < -0.4 is 10.5 Å². The Hall–Kier alpha value is -1.46. The molecule has 2 aromatic rings. The minimum absolute atomic E-state index is 0.301. The minimum Gasteiger partial charge on any atom is -0.486 e. The van der Waals surface area contributed by atoms with Gasteiger partial charge in [-0.3, -0.25) is 0 Å². The van der Waals surface area contributed by atoms with Crippen molar-refractivity contribution < 1.29 is 4.74 Å². The van der Waals surface area contributed by atoms with Crippen LogP contribution in [0.2, 0.25) is 0 Å². The summed E-state index contributed by atoms with van der Waals surface area (Å²) in [5, 5.41) is 0.903. The number of para-hydroxylation sites is 1. The lowest BCUT2D eigenvalue weighted by atomic mass is 10.1. The summed E-state index contributed by atoms with van der Waals surface area (Å²) in [4.78, 5) is 5.91. The third-order valence-electron chi connectivity index (χ3n) is 2.91. The molecule has 0 saturated carbocycles. The SMILES string of the molecule is Cc1ccccc1OCc1nc(C(C)C)c(C(N)=S)s1. The second kappa shape index (κ2) is 6.33. The Morgan fingerprint density at radius 3 is 2.65 bits per heavy atom. The predicted octanol–water partition coefficient (Wildman–Crippen LogP) is 3.79. The molecule has 3 nitrogen and oxygen atoms in total. The van der Waals surface area contributed by atoms with Crippen LogP contribution in [0, 0.1) is 6.92 Å². The van der Waals surface area contributed by atoms with Gasteiger partial charge in [0.15, 0.2) is 0 Å². The molecule has 0 saturated heterocycles. The first-order chi connectivity index (χ1) is 9.49. The molecule has 20 heavy (non-hydrogen) atoms. The molecule has 0 aliphatic rings. The maximum atomic E-state index is 5.81. The number of rotatable bonds is 5. The Morgan fingerprint density at radius 1 is 1.40 bits per heavy atom. The zero-order chi connectivity index (χ0) is 14.7. The Kier molecular flexibility index (Phi) is 4.73. The first kappa shape index (κ1) is 14.9. The van der Waals surface area contributed by atoms with Crippen molar-refractivity contribution in [2.24, 2.45) is 5.73 Å². The molecule has 0 aliphatic carbocycles. The highest BCUT2D eigenvalue weighted by molar-refractivity contribution is 7.81. The van der Waals surface area contributed by atoms with E-state index in [1.54, 1.807) is 0 Å². The fourth-order valence-electron chi connectivity index (χ4n) is 1.87. The molecule has 1 aromatic heterocycles. The van der Waals surface area contributed by atoms with E-state index in [-0.39, 0.29) is 0 Å². The molecule has 0 atom stereocenters. The zero-order valence-electron chi connectivity index (χ0n) is 11.8. The first-order valence-electron chi connectivity index (χ1n) is 6.47. The highest BCUT2D eigenvalue weighted by atomic mass is 32.1. The second-order valence-corrected chi connectivity index (χ2v) is 6.42. The summed E-state index contributed by atoms with van der Waals surface area (Å²) >= 11 is 6.61. The molecular weight excluding hydrogens is 288 g/mol. The Morgan fingerprint density at radius 2 is 2.10 bits per heavy atom. The molecule has 0 bridgehead atoms. The van der Waals surface area contributed by atoms with Gasteiger partial charge in [0.05, 0.1) is 10.6 Å². The van der Waals surface area contributed by atoms with Crippen LogP contribution >= 0.6 is 23.6 Å². The Bertz CT molecular complexity index is 620. The van der Waals surface area contributed by atoms with Gasteiger partial charge in [-0.25, -0.2) is 4.98 Å². The average Bonchev–Trinajstić information content (AvgIpc) is 2.82. The van der Waals surface area contributed by atoms with Crippen LogP contribution in [0.3, 0.4) is 0 Å². The fourth-order valence-corrected chi connectivity index (χ4v) is 3.08. The van der Waals surface area contributed by atoms with Crippen molar-refractivity contribution in [1.29, 1.82) is 0 Å². The lowest BCUT2D eigenvalue weighted by Gasteiger charge is -2.06. The van der Waals surface area contributed by atoms with Gasteiger partial charge in [-0.05, 0) is 24.5 Å². The number of ether oxygens (including phenoxy) is 1. The summed E-state index contributed by atoms with van der Waals surface area (Å²) in [5.41, 5.74) is 7.84. The van der Waals surface area contributed by atoms with Crippen LogP contribution in [-0.4, -0.2) is 9.97 Å². The lowest BCUT2D eigenvalue weighted by molar-refractivity contribution is 0.303. The number of hydrogen-bond donors (Lipinski definition) is 1. The van der Waals surface area contributed by atoms with Gasteiger partial charge in [0.25, 0.3) is 0 Å². The van der Waals surface area contributed by atoms with Gasteiger partial charge in [0.1, 0.15) is 22.4 Å². The highest BCUT2D eigenvalue weighted by Crippen LogP contribution is 2.26. The number of aryl methyl sites for hydroxylation is 1. The number of aromatic nitrogens is 1. The second-order valence-electron chi connectivity index (χ2n) is 4.90. The summed E-state index contributed by atoms with van der Waals surface area (Å²) in [7, 11) is 0. The summed E-state index contributed by atoms with van der Waals surface area (Å²) < 4.78 is 5.81. The Balaban J connectivity index is 2.16. The maximum absolute atomic E-state index is 5.81. The Labute approximate surface area is 128 Å². The third kappa shape index (κ3) is 3.35. The normalized spacial score (nSPS) is 10.8. The van der Waals surface area contributed by atoms with Gasteiger partial charge < -0.3 is 10.5 Å². The number of hydrogen-bond acceptors (Lipinski definition) is 4. The molecule has 0 radical (unpaired) electrons. The van der Waals surface area contributed by atoms with Crippen molar-refractivity contribution in [3.63, 3.8) is 0 Å². The molecule has 106 valence electrons. The van der Waals surface area contributed by atoms with E-state index in [1.807, 2.05) is 31.2 Å². The summed E-state index contributed by atoms with van der Waals surface area (Å²) in [6, 6.07) is 7.94. The van der Waals surface area contributed by atoms with Gasteiger partial charge in [-0.2, -0.15) is 0 Å². The van der Waals surface area contributed by atoms with E-state index in [0.29, 0.717) is 17.5 Å². The predicted molar refractivity (Wildman–Crippen MR) is 87.6 cm³/mol. The summed E-state index contributed by atoms with van der Waals surface area (Å²) in [6.07, 6.45) is 0. The van der Waals surface area contributed by atoms with Crippen molar-refractivity contribution >= 4 is 28.5 Å². The number of benzene rings is 1. The van der Waals surface area contributed by atoms with E-state index in [1.165, 1.54) is 11.3 Å². The van der Waals surface area contributed by atoms with Gasteiger partial charge in [-0.15, -0.1) is 11.3 Å². The molecule has 2 rings (SSSR count). The van der Waals surface area contributed by atoms with Gasteiger partial charge >= 0.3 is 0 Å². The van der Waals surface area contributed by atoms with E-state index in [2.05, 4.69) is 18.8 Å². The molecule has 2 N–H and O–H groups in total. The van der Waals surface area contributed by atoms with E-state index >= 15 is 0 Å². The first-order valence-corrected chi connectivity index (χ1v) is 7.69. The number of nitrogens with two attached hydrogens (primary N) is 1. The van der Waals surface area contributed by atoms with E-state index < -0.39 is 0 Å². The van der Waals surface area contributed by atoms with Crippen molar-refractivity contribution in [3.05, 3.63) is 45.4 Å². The highest BCUT2D eigenvalue weighted by Gasteiger charge is 2.16. The summed E-state index contributed by atoms with van der Waals surface area (Å²) in [5.74, 6) is 1.18. The van der Waals surface area contributed by atoms with E-state index in [9.17, 15) is 0 Å². The standard InChI is InChI=1S/C15H18N2OS2/c1-9(2)13-14(15(16)19)20-12(17-13)8-18-11-7-5-4-6-10(11)3/h4-7,9H,8H2,1-3H3,(H2,16,19). The maximum Gasteiger partial charge on any atom is 0.140 e. The van der Waals surface area contributed by atoms with E-state index in [4.69, 9.17) is 22.7 Å². The monoisotopic (exact) mass is 306 g/mol. The van der Waals surface area contributed by atoms with Crippen molar-refractivity contribution in [2.75, 3.05) is 0 Å². The van der Waals surface area contributed by atoms with Crippen LogP contribution in [0.1, 0.15) is 40.9 Å². The summed E-state index contributed by atoms with van der Waals surface area (Å²) in [6.45, 7) is 6.64. The van der Waals surface area contributed by atoms with Crippen LogP contribution in [0.4, 0.5) is 0 Å². The molecule has 1 aromatic carbocycles. The van der Waals surface area contributed by atoms with Crippen LogP contribution in [0.5, 0.6) is 5.75 Å². The lowest BCUT2D eigenvalue weighted by Crippen LogP contribution is -2.10. The van der Waals surface area contributed by atoms with Crippen molar-refractivity contribution in [3.8, 4) is 5.75 Å². The van der Waals surface area contributed by atoms with Gasteiger partial charge in [-0.1, -0.05) is 44.3 Å². The largest absolute Gasteiger partial charge is 0.486 e. The fraction of sp³-hybridized carbons (Fsp3) is 0.333. The van der Waals surface area contributed by atoms with Crippen molar-refractivity contribution in [1.82, 2.24) is 4.98 Å². The molecular formula is C15H18N2OS2. The van der Waals surface area contributed by atoms with Crippen LogP contribution in [-0.2, 0) is 6.61 Å². The van der Waals surface area contributed by atoms with Crippen LogP contribution in [0.25, 0.3) is 0 Å². The van der Waals surface area contributed by atoms with E-state index in [0.717, 1.165) is 26.9 Å². The number of nitrogens with zero attached hydrogens (tertiary/aromatic N) is 1. The molecule has 0 aliphatic heterocycles. The molecule has 0 amide bonds. The molecule has 0 spiro atoms. The molecule has 5 heteroatoms. The van der Waals surface area contributed by atoms with Crippen LogP contribution in [0.15, 0.2) is 24.3 Å². The molecule has 1 heterocycles. The minimum atomic E-state index is 0.301. The van der Waals surface area contributed by atoms with Gasteiger partial charge in [0, 0.05) is 0 Å². The third-order valence-corrected chi connectivity index (χ3v) is 4.32. The molecule has 0 fully saturated rings.